The first-order valence-electron chi connectivity index (χ1n) is 5.91. The molecule has 0 atom stereocenters. The summed E-state index contributed by atoms with van der Waals surface area (Å²) < 4.78 is 7.39. The Morgan fingerprint density at radius 2 is 2.31 bits per heavy atom. The van der Waals surface area contributed by atoms with Gasteiger partial charge in [-0.1, -0.05) is 13.8 Å². The van der Waals surface area contributed by atoms with Crippen LogP contribution >= 0.6 is 0 Å². The molecule has 5 nitrogen and oxygen atoms in total. The lowest BCUT2D eigenvalue weighted by atomic mass is 10.3. The molecule has 0 bridgehead atoms. The standard InChI is InChI=1S/C11H22N4O/c1-4-15-11(13-9-14-15)8-16-7-5-6-12-10(2)3/h9-10,12H,4-8H2,1-3H3. The second-order valence-electron chi connectivity index (χ2n) is 4.01. The van der Waals surface area contributed by atoms with E-state index in [9.17, 15) is 0 Å². The molecule has 1 N–H and O–H groups in total. The lowest BCUT2D eigenvalue weighted by Gasteiger charge is -2.08. The molecular weight excluding hydrogens is 204 g/mol. The van der Waals surface area contributed by atoms with E-state index in [-0.39, 0.29) is 0 Å². The Morgan fingerprint density at radius 3 is 3.00 bits per heavy atom. The van der Waals surface area contributed by atoms with Crippen molar-refractivity contribution in [3.63, 3.8) is 0 Å². The Morgan fingerprint density at radius 1 is 1.50 bits per heavy atom. The maximum atomic E-state index is 5.54. The second kappa shape index (κ2) is 7.35. The highest BCUT2D eigenvalue weighted by atomic mass is 16.5. The van der Waals surface area contributed by atoms with Crippen LogP contribution in [0.4, 0.5) is 0 Å². The van der Waals surface area contributed by atoms with Gasteiger partial charge in [0, 0.05) is 19.2 Å². The molecule has 0 radical (unpaired) electrons. The van der Waals surface area contributed by atoms with Gasteiger partial charge >= 0.3 is 0 Å². The van der Waals surface area contributed by atoms with Crippen LogP contribution < -0.4 is 5.32 Å². The molecule has 0 aliphatic heterocycles. The molecular formula is C11H22N4O. The third-order valence-corrected chi connectivity index (χ3v) is 2.24. The van der Waals surface area contributed by atoms with Crippen molar-refractivity contribution >= 4 is 0 Å². The first-order valence-corrected chi connectivity index (χ1v) is 5.91. The quantitative estimate of drug-likeness (QED) is 0.677. The minimum Gasteiger partial charge on any atom is -0.373 e. The number of ether oxygens (including phenoxy) is 1. The minimum absolute atomic E-state index is 0.545. The van der Waals surface area contributed by atoms with Crippen molar-refractivity contribution < 1.29 is 4.74 Å². The molecule has 1 aromatic rings. The van der Waals surface area contributed by atoms with E-state index in [1.807, 2.05) is 11.6 Å². The van der Waals surface area contributed by atoms with Crippen LogP contribution in [-0.4, -0.2) is 34.0 Å². The summed E-state index contributed by atoms with van der Waals surface area (Å²) in [6.45, 7) is 9.48. The zero-order chi connectivity index (χ0) is 11.8. The van der Waals surface area contributed by atoms with Crippen LogP contribution in [0.2, 0.25) is 0 Å². The highest BCUT2D eigenvalue weighted by Gasteiger charge is 2.01. The normalized spacial score (nSPS) is 11.2. The SMILES string of the molecule is CCn1ncnc1COCCCNC(C)C. The number of hydrogen-bond donors (Lipinski definition) is 1. The lowest BCUT2D eigenvalue weighted by Crippen LogP contribution is -2.24. The van der Waals surface area contributed by atoms with Gasteiger partial charge in [0.25, 0.3) is 0 Å². The maximum Gasteiger partial charge on any atom is 0.152 e. The van der Waals surface area contributed by atoms with Crippen LogP contribution in [0.25, 0.3) is 0 Å². The number of aromatic nitrogens is 3. The topological polar surface area (TPSA) is 52.0 Å². The predicted molar refractivity (Wildman–Crippen MR) is 63.1 cm³/mol. The van der Waals surface area contributed by atoms with Gasteiger partial charge in [0.15, 0.2) is 5.82 Å². The van der Waals surface area contributed by atoms with Gasteiger partial charge in [-0.05, 0) is 19.9 Å². The molecule has 1 heterocycles. The largest absolute Gasteiger partial charge is 0.373 e. The number of hydrogen-bond acceptors (Lipinski definition) is 4. The molecule has 0 aliphatic carbocycles. The monoisotopic (exact) mass is 226 g/mol. The molecule has 0 saturated heterocycles. The van der Waals surface area contributed by atoms with E-state index in [4.69, 9.17) is 4.74 Å². The van der Waals surface area contributed by atoms with Gasteiger partial charge in [0.05, 0.1) is 0 Å². The van der Waals surface area contributed by atoms with Gasteiger partial charge in [0.1, 0.15) is 12.9 Å². The summed E-state index contributed by atoms with van der Waals surface area (Å²) in [5.74, 6) is 0.902. The molecule has 0 aromatic carbocycles. The molecule has 0 aliphatic rings. The van der Waals surface area contributed by atoms with Gasteiger partial charge in [-0.2, -0.15) is 5.10 Å². The molecule has 0 unspecified atom stereocenters. The minimum atomic E-state index is 0.545. The molecule has 92 valence electrons. The number of rotatable bonds is 8. The zero-order valence-corrected chi connectivity index (χ0v) is 10.4. The van der Waals surface area contributed by atoms with Crippen molar-refractivity contribution in [2.45, 2.75) is 46.4 Å². The Balaban J connectivity index is 2.07. The fraction of sp³-hybridized carbons (Fsp3) is 0.818. The summed E-state index contributed by atoms with van der Waals surface area (Å²) in [6.07, 6.45) is 2.60. The lowest BCUT2D eigenvalue weighted by molar-refractivity contribution is 0.109. The molecule has 1 rings (SSSR count). The zero-order valence-electron chi connectivity index (χ0n) is 10.4. The van der Waals surface area contributed by atoms with E-state index < -0.39 is 0 Å². The molecule has 5 heteroatoms. The van der Waals surface area contributed by atoms with Gasteiger partial charge < -0.3 is 10.1 Å². The first-order chi connectivity index (χ1) is 7.74. The number of nitrogens with one attached hydrogen (secondary N) is 1. The highest BCUT2D eigenvalue weighted by molar-refractivity contribution is 4.80. The Hall–Kier alpha value is -0.940. The second-order valence-corrected chi connectivity index (χ2v) is 4.01. The fourth-order valence-electron chi connectivity index (χ4n) is 1.39. The van der Waals surface area contributed by atoms with E-state index in [2.05, 4.69) is 29.2 Å². The van der Waals surface area contributed by atoms with Crippen LogP contribution in [0.5, 0.6) is 0 Å². The van der Waals surface area contributed by atoms with Gasteiger partial charge in [-0.15, -0.1) is 0 Å². The Labute approximate surface area is 97.2 Å². The summed E-state index contributed by atoms with van der Waals surface area (Å²) in [7, 11) is 0. The van der Waals surface area contributed by atoms with E-state index in [1.165, 1.54) is 0 Å². The number of nitrogens with zero attached hydrogens (tertiary/aromatic N) is 3. The van der Waals surface area contributed by atoms with E-state index in [0.717, 1.165) is 31.9 Å². The van der Waals surface area contributed by atoms with E-state index in [1.54, 1.807) is 6.33 Å². The van der Waals surface area contributed by atoms with Crippen LogP contribution in [0.3, 0.4) is 0 Å². The van der Waals surface area contributed by atoms with E-state index in [0.29, 0.717) is 12.6 Å². The first kappa shape index (κ1) is 13.1. The van der Waals surface area contributed by atoms with Crippen LogP contribution in [-0.2, 0) is 17.9 Å². The van der Waals surface area contributed by atoms with Crippen molar-refractivity contribution in [2.75, 3.05) is 13.2 Å². The maximum absolute atomic E-state index is 5.54. The van der Waals surface area contributed by atoms with Crippen LogP contribution in [0.15, 0.2) is 6.33 Å². The van der Waals surface area contributed by atoms with Crippen molar-refractivity contribution in [2.24, 2.45) is 0 Å². The smallest absolute Gasteiger partial charge is 0.152 e. The average Bonchev–Trinajstić information content (AvgIpc) is 2.70. The van der Waals surface area contributed by atoms with Crippen molar-refractivity contribution in [3.05, 3.63) is 12.2 Å². The third-order valence-electron chi connectivity index (χ3n) is 2.24. The summed E-state index contributed by atoms with van der Waals surface area (Å²) in [5, 5.41) is 7.43. The molecule has 0 spiro atoms. The van der Waals surface area contributed by atoms with Crippen LogP contribution in [0.1, 0.15) is 33.0 Å². The van der Waals surface area contributed by atoms with E-state index >= 15 is 0 Å². The average molecular weight is 226 g/mol. The van der Waals surface area contributed by atoms with Crippen molar-refractivity contribution in [3.8, 4) is 0 Å². The van der Waals surface area contributed by atoms with Gasteiger partial charge in [0.2, 0.25) is 0 Å². The molecule has 0 saturated carbocycles. The third kappa shape index (κ3) is 4.72. The highest BCUT2D eigenvalue weighted by Crippen LogP contribution is 1.97. The molecule has 1 aromatic heterocycles. The summed E-state index contributed by atoms with van der Waals surface area (Å²) in [4.78, 5) is 4.14. The fourth-order valence-corrected chi connectivity index (χ4v) is 1.39. The summed E-state index contributed by atoms with van der Waals surface area (Å²) >= 11 is 0. The molecule has 0 amide bonds. The van der Waals surface area contributed by atoms with Gasteiger partial charge in [-0.3, -0.25) is 0 Å². The Kier molecular flexibility index (Phi) is 6.03. The van der Waals surface area contributed by atoms with Crippen molar-refractivity contribution in [1.82, 2.24) is 20.1 Å². The molecule has 16 heavy (non-hydrogen) atoms. The van der Waals surface area contributed by atoms with Gasteiger partial charge in [-0.25, -0.2) is 9.67 Å². The van der Waals surface area contributed by atoms with Crippen molar-refractivity contribution in [1.29, 1.82) is 0 Å². The summed E-state index contributed by atoms with van der Waals surface area (Å²) in [5.41, 5.74) is 0. The summed E-state index contributed by atoms with van der Waals surface area (Å²) in [6, 6.07) is 0.545. The predicted octanol–water partition coefficient (Wildman–Crippen LogP) is 1.20. The number of aryl methyl sites for hydroxylation is 1. The Bertz CT molecular complexity index is 285. The molecule has 0 fully saturated rings. The van der Waals surface area contributed by atoms with Crippen LogP contribution in [0, 0.1) is 0 Å².